The zero-order valence-electron chi connectivity index (χ0n) is 9.49. The summed E-state index contributed by atoms with van der Waals surface area (Å²) < 4.78 is 0. The molecule has 1 aliphatic heterocycles. The van der Waals surface area contributed by atoms with Crippen LogP contribution in [0.4, 0.5) is 0 Å². The number of nitrogens with one attached hydrogen (secondary N) is 1. The zero-order valence-corrected chi connectivity index (χ0v) is 10.2. The summed E-state index contributed by atoms with van der Waals surface area (Å²) in [4.78, 5) is 10.5. The van der Waals surface area contributed by atoms with Gasteiger partial charge in [-0.2, -0.15) is 0 Å². The van der Waals surface area contributed by atoms with Crippen LogP contribution in [0.25, 0.3) is 0 Å². The summed E-state index contributed by atoms with van der Waals surface area (Å²) in [6.45, 7) is 2.93. The molecule has 1 aromatic rings. The smallest absolute Gasteiger partial charge is 0.151 e. The molecule has 2 rings (SSSR count). The van der Waals surface area contributed by atoms with Gasteiger partial charge in [-0.1, -0.05) is 11.6 Å². The average Bonchev–Trinajstić information content (AvgIpc) is 2.74. The minimum atomic E-state index is 0.508. The zero-order chi connectivity index (χ0) is 11.4. The Hall–Kier alpha value is -0.710. The number of halogens is 1. The molecular weight excluding hydrogens is 224 g/mol. The van der Waals surface area contributed by atoms with Gasteiger partial charge in [0.15, 0.2) is 5.15 Å². The standard InChI is InChI=1S/C11H17ClN4/c1-16(7-9-3-2-4-13-9)8-10-11(12)15-6-5-14-10/h5-6,9,13H,2-4,7-8H2,1H3/t9-/m0/s1. The maximum absolute atomic E-state index is 5.97. The summed E-state index contributed by atoms with van der Waals surface area (Å²) >= 11 is 5.97. The fraction of sp³-hybridized carbons (Fsp3) is 0.636. The van der Waals surface area contributed by atoms with Crippen molar-refractivity contribution in [2.45, 2.75) is 25.4 Å². The molecule has 88 valence electrons. The van der Waals surface area contributed by atoms with Crippen molar-refractivity contribution in [3.05, 3.63) is 23.2 Å². The van der Waals surface area contributed by atoms with Gasteiger partial charge in [-0.25, -0.2) is 4.98 Å². The Kier molecular flexibility index (Phi) is 4.09. The summed E-state index contributed by atoms with van der Waals surface area (Å²) in [6, 6.07) is 0.612. The molecule has 0 spiro atoms. The first-order valence-electron chi connectivity index (χ1n) is 5.63. The Morgan fingerprint density at radius 3 is 3.00 bits per heavy atom. The van der Waals surface area contributed by atoms with Gasteiger partial charge in [0.1, 0.15) is 0 Å². The lowest BCUT2D eigenvalue weighted by atomic mass is 10.2. The number of nitrogens with zero attached hydrogens (tertiary/aromatic N) is 3. The largest absolute Gasteiger partial charge is 0.313 e. The molecule has 16 heavy (non-hydrogen) atoms. The van der Waals surface area contributed by atoms with Crippen LogP contribution < -0.4 is 5.32 Å². The molecule has 1 atom stereocenters. The van der Waals surface area contributed by atoms with Gasteiger partial charge in [0, 0.05) is 31.5 Å². The highest BCUT2D eigenvalue weighted by Crippen LogP contribution is 2.12. The lowest BCUT2D eigenvalue weighted by Gasteiger charge is -2.20. The van der Waals surface area contributed by atoms with Crippen LogP contribution in [-0.2, 0) is 6.54 Å². The van der Waals surface area contributed by atoms with E-state index in [-0.39, 0.29) is 0 Å². The van der Waals surface area contributed by atoms with E-state index in [1.807, 2.05) is 0 Å². The van der Waals surface area contributed by atoms with Gasteiger partial charge in [0.25, 0.3) is 0 Å². The molecule has 0 bridgehead atoms. The molecule has 0 aromatic carbocycles. The molecule has 0 unspecified atom stereocenters. The Labute approximate surface area is 101 Å². The first-order chi connectivity index (χ1) is 7.75. The third-order valence-electron chi connectivity index (χ3n) is 2.84. The van der Waals surface area contributed by atoms with E-state index in [2.05, 4.69) is 27.2 Å². The van der Waals surface area contributed by atoms with Crippen molar-refractivity contribution in [1.82, 2.24) is 20.2 Å². The van der Waals surface area contributed by atoms with E-state index in [1.165, 1.54) is 12.8 Å². The monoisotopic (exact) mass is 240 g/mol. The second-order valence-corrected chi connectivity index (χ2v) is 4.64. The normalized spacial score (nSPS) is 20.6. The summed E-state index contributed by atoms with van der Waals surface area (Å²) in [5, 5.41) is 3.99. The quantitative estimate of drug-likeness (QED) is 0.862. The van der Waals surface area contributed by atoms with Crippen molar-refractivity contribution in [2.24, 2.45) is 0 Å². The van der Waals surface area contributed by atoms with E-state index in [9.17, 15) is 0 Å². The van der Waals surface area contributed by atoms with Crippen molar-refractivity contribution in [2.75, 3.05) is 20.1 Å². The molecule has 0 radical (unpaired) electrons. The van der Waals surface area contributed by atoms with Crippen LogP contribution >= 0.6 is 11.6 Å². The maximum atomic E-state index is 5.97. The average molecular weight is 241 g/mol. The van der Waals surface area contributed by atoms with Crippen molar-refractivity contribution >= 4 is 11.6 Å². The highest BCUT2D eigenvalue weighted by molar-refractivity contribution is 6.29. The summed E-state index contributed by atoms with van der Waals surface area (Å²) in [7, 11) is 2.09. The number of hydrogen-bond donors (Lipinski definition) is 1. The minimum Gasteiger partial charge on any atom is -0.313 e. The number of likely N-dealkylation sites (N-methyl/N-ethyl adjacent to an activating group) is 1. The van der Waals surface area contributed by atoms with Crippen LogP contribution in [0, 0.1) is 0 Å². The lowest BCUT2D eigenvalue weighted by molar-refractivity contribution is 0.290. The fourth-order valence-electron chi connectivity index (χ4n) is 2.06. The Bertz CT molecular complexity index is 339. The molecular formula is C11H17ClN4. The maximum Gasteiger partial charge on any atom is 0.151 e. The summed E-state index contributed by atoms with van der Waals surface area (Å²) in [5.74, 6) is 0. The fourth-order valence-corrected chi connectivity index (χ4v) is 2.23. The van der Waals surface area contributed by atoms with Crippen molar-refractivity contribution in [3.63, 3.8) is 0 Å². The third-order valence-corrected chi connectivity index (χ3v) is 3.15. The molecule has 2 heterocycles. The molecule has 4 nitrogen and oxygen atoms in total. The molecule has 1 aromatic heterocycles. The number of rotatable bonds is 4. The van der Waals surface area contributed by atoms with E-state index in [0.29, 0.717) is 11.2 Å². The number of hydrogen-bond acceptors (Lipinski definition) is 4. The molecule has 1 fully saturated rings. The van der Waals surface area contributed by atoms with Gasteiger partial charge in [-0.3, -0.25) is 9.88 Å². The summed E-state index contributed by atoms with van der Waals surface area (Å²) in [6.07, 6.45) is 5.84. The SMILES string of the molecule is CN(Cc1nccnc1Cl)C[C@@H]1CCCN1. The predicted molar refractivity (Wildman–Crippen MR) is 64.4 cm³/mol. The van der Waals surface area contributed by atoms with Crippen LogP contribution in [0.15, 0.2) is 12.4 Å². The number of aromatic nitrogens is 2. The van der Waals surface area contributed by atoms with E-state index >= 15 is 0 Å². The van der Waals surface area contributed by atoms with Gasteiger partial charge >= 0.3 is 0 Å². The molecule has 0 saturated carbocycles. The first kappa shape index (κ1) is 11.8. The topological polar surface area (TPSA) is 41.1 Å². The van der Waals surface area contributed by atoms with E-state index < -0.39 is 0 Å². The molecule has 1 aliphatic rings. The van der Waals surface area contributed by atoms with E-state index in [0.717, 1.165) is 25.3 Å². The second-order valence-electron chi connectivity index (χ2n) is 4.28. The minimum absolute atomic E-state index is 0.508. The van der Waals surface area contributed by atoms with Gasteiger partial charge < -0.3 is 5.32 Å². The van der Waals surface area contributed by atoms with Crippen LogP contribution in [0.5, 0.6) is 0 Å². The van der Waals surface area contributed by atoms with Gasteiger partial charge in [-0.15, -0.1) is 0 Å². The van der Waals surface area contributed by atoms with Crippen LogP contribution in [0.3, 0.4) is 0 Å². The van der Waals surface area contributed by atoms with E-state index in [4.69, 9.17) is 11.6 Å². The van der Waals surface area contributed by atoms with Crippen molar-refractivity contribution < 1.29 is 0 Å². The Morgan fingerprint density at radius 1 is 1.50 bits per heavy atom. The van der Waals surface area contributed by atoms with Gasteiger partial charge in [-0.05, 0) is 26.4 Å². The second kappa shape index (κ2) is 5.57. The Morgan fingerprint density at radius 2 is 2.31 bits per heavy atom. The lowest BCUT2D eigenvalue weighted by Crippen LogP contribution is -2.35. The third kappa shape index (κ3) is 3.14. The van der Waals surface area contributed by atoms with Crippen LogP contribution in [0.2, 0.25) is 5.15 Å². The molecule has 0 amide bonds. The van der Waals surface area contributed by atoms with E-state index in [1.54, 1.807) is 12.4 Å². The first-order valence-corrected chi connectivity index (χ1v) is 6.01. The van der Waals surface area contributed by atoms with Gasteiger partial charge in [0.2, 0.25) is 0 Å². The molecule has 5 heteroatoms. The highest BCUT2D eigenvalue weighted by atomic mass is 35.5. The highest BCUT2D eigenvalue weighted by Gasteiger charge is 2.16. The van der Waals surface area contributed by atoms with Gasteiger partial charge in [0.05, 0.1) is 5.69 Å². The Balaban J connectivity index is 1.86. The van der Waals surface area contributed by atoms with Crippen molar-refractivity contribution in [1.29, 1.82) is 0 Å². The molecule has 0 aliphatic carbocycles. The predicted octanol–water partition coefficient (Wildman–Crippen LogP) is 1.31. The molecule has 1 N–H and O–H groups in total. The van der Waals surface area contributed by atoms with Crippen LogP contribution in [-0.4, -0.2) is 41.0 Å². The van der Waals surface area contributed by atoms with Crippen molar-refractivity contribution in [3.8, 4) is 0 Å². The summed E-state index contributed by atoms with van der Waals surface area (Å²) in [5.41, 5.74) is 0.852. The van der Waals surface area contributed by atoms with Crippen LogP contribution in [0.1, 0.15) is 18.5 Å². The molecule has 1 saturated heterocycles.